The van der Waals surface area contributed by atoms with Gasteiger partial charge in [-0.2, -0.15) is 0 Å². The van der Waals surface area contributed by atoms with Gasteiger partial charge in [-0.25, -0.2) is 15.0 Å². The lowest BCUT2D eigenvalue weighted by Gasteiger charge is -2.17. The number of nitrogens with zero attached hydrogens (tertiary/aromatic N) is 4. The van der Waals surface area contributed by atoms with Crippen molar-refractivity contribution in [2.75, 3.05) is 12.3 Å². The average molecular weight is 388 g/mol. The van der Waals surface area contributed by atoms with E-state index in [4.69, 9.17) is 15.2 Å². The van der Waals surface area contributed by atoms with Gasteiger partial charge in [0, 0.05) is 6.92 Å². The number of nitrogen functional groups attached to an aromatic ring is 1. The van der Waals surface area contributed by atoms with Crippen molar-refractivity contribution in [3.05, 3.63) is 11.1 Å². The summed E-state index contributed by atoms with van der Waals surface area (Å²) in [7, 11) is 0. The zero-order valence-corrected chi connectivity index (χ0v) is 13.5. The molecule has 2 aromatic heterocycles. The van der Waals surface area contributed by atoms with Gasteiger partial charge in [0.05, 0.1) is 0 Å². The Bertz CT molecular complexity index is 753. The Morgan fingerprint density at radius 2 is 2.22 bits per heavy atom. The molecule has 124 valence electrons. The quantitative estimate of drug-likeness (QED) is 0.461. The summed E-state index contributed by atoms with van der Waals surface area (Å²) < 4.78 is 12.2. The van der Waals surface area contributed by atoms with Crippen LogP contribution >= 0.6 is 15.9 Å². The lowest BCUT2D eigenvalue weighted by atomic mass is 10.1. The number of imidazole rings is 1. The van der Waals surface area contributed by atoms with Crippen LogP contribution in [0.25, 0.3) is 11.2 Å². The van der Waals surface area contributed by atoms with E-state index >= 15 is 0 Å². The van der Waals surface area contributed by atoms with Crippen LogP contribution in [0, 0.1) is 0 Å². The number of carbonyl (C=O) groups is 1. The van der Waals surface area contributed by atoms with Gasteiger partial charge >= 0.3 is 5.97 Å². The number of nitrogens with two attached hydrogens (primary N) is 1. The van der Waals surface area contributed by atoms with Crippen LogP contribution in [0.2, 0.25) is 0 Å². The molecule has 0 saturated carbocycles. The highest BCUT2D eigenvalue weighted by molar-refractivity contribution is 9.10. The van der Waals surface area contributed by atoms with Crippen LogP contribution in [0.4, 0.5) is 5.82 Å². The summed E-state index contributed by atoms with van der Waals surface area (Å²) in [5.74, 6) is -0.326. The number of halogens is 1. The van der Waals surface area contributed by atoms with Crippen LogP contribution in [0.5, 0.6) is 0 Å². The number of fused-ring (bicyclic) bond motifs is 1. The molecule has 0 spiro atoms. The number of esters is 1. The largest absolute Gasteiger partial charge is 0.463 e. The highest BCUT2D eigenvalue weighted by atomic mass is 79.9. The van der Waals surface area contributed by atoms with E-state index in [9.17, 15) is 15.0 Å². The monoisotopic (exact) mass is 387 g/mol. The van der Waals surface area contributed by atoms with Crippen LogP contribution < -0.4 is 5.73 Å². The Morgan fingerprint density at radius 1 is 1.48 bits per heavy atom. The Labute approximate surface area is 138 Å². The first-order chi connectivity index (χ1) is 10.9. The zero-order chi connectivity index (χ0) is 16.7. The van der Waals surface area contributed by atoms with Crippen LogP contribution in [-0.2, 0) is 14.3 Å². The Balaban J connectivity index is 1.94. The van der Waals surface area contributed by atoms with Crippen LogP contribution in [0.3, 0.4) is 0 Å². The molecule has 0 amide bonds. The normalized spacial score (nSPS) is 27.5. The number of aliphatic hydroxyl groups is 2. The van der Waals surface area contributed by atoms with E-state index in [1.54, 1.807) is 0 Å². The Hall–Kier alpha value is -1.82. The van der Waals surface area contributed by atoms with Crippen molar-refractivity contribution in [3.8, 4) is 0 Å². The van der Waals surface area contributed by atoms with Crippen molar-refractivity contribution >= 4 is 38.9 Å². The van der Waals surface area contributed by atoms with Crippen LogP contribution in [-0.4, -0.2) is 60.6 Å². The average Bonchev–Trinajstić information content (AvgIpc) is 2.96. The second-order valence-electron chi connectivity index (χ2n) is 5.03. The highest BCUT2D eigenvalue weighted by Gasteiger charge is 2.45. The minimum Gasteiger partial charge on any atom is -0.463 e. The van der Waals surface area contributed by atoms with Crippen molar-refractivity contribution in [2.24, 2.45) is 0 Å². The number of aromatic nitrogens is 4. The van der Waals surface area contributed by atoms with E-state index in [0.717, 1.165) is 0 Å². The third-order valence-corrected chi connectivity index (χ3v) is 4.06. The van der Waals surface area contributed by atoms with Crippen molar-refractivity contribution in [1.82, 2.24) is 19.5 Å². The van der Waals surface area contributed by atoms with Gasteiger partial charge in [-0.05, 0) is 15.9 Å². The number of hydrogen-bond donors (Lipinski definition) is 3. The minimum absolute atomic E-state index is 0.175. The van der Waals surface area contributed by atoms with Crippen LogP contribution in [0.1, 0.15) is 13.2 Å². The van der Waals surface area contributed by atoms with Gasteiger partial charge < -0.3 is 25.4 Å². The Morgan fingerprint density at radius 3 is 2.91 bits per heavy atom. The van der Waals surface area contributed by atoms with Crippen molar-refractivity contribution < 1.29 is 24.5 Å². The molecule has 2 aromatic rings. The van der Waals surface area contributed by atoms with Gasteiger partial charge in [0.1, 0.15) is 31.2 Å². The van der Waals surface area contributed by atoms with Gasteiger partial charge in [0.15, 0.2) is 27.9 Å². The molecule has 4 N–H and O–H groups in total. The lowest BCUT2D eigenvalue weighted by Crippen LogP contribution is -2.34. The second-order valence-corrected chi connectivity index (χ2v) is 5.74. The van der Waals surface area contributed by atoms with Gasteiger partial charge in [0.2, 0.25) is 0 Å². The molecule has 3 rings (SSSR count). The Kier molecular flexibility index (Phi) is 4.19. The van der Waals surface area contributed by atoms with Gasteiger partial charge in [-0.15, -0.1) is 0 Å². The van der Waals surface area contributed by atoms with Crippen LogP contribution in [0.15, 0.2) is 11.1 Å². The summed E-state index contributed by atoms with van der Waals surface area (Å²) >= 11 is 3.25. The molecule has 11 heteroatoms. The summed E-state index contributed by atoms with van der Waals surface area (Å²) in [4.78, 5) is 23.0. The second kappa shape index (κ2) is 6.00. The minimum atomic E-state index is -1.26. The van der Waals surface area contributed by atoms with Gasteiger partial charge in [-0.1, -0.05) is 0 Å². The molecule has 0 aliphatic carbocycles. The third-order valence-electron chi connectivity index (χ3n) is 3.50. The molecular formula is C12H14BrN5O5. The van der Waals surface area contributed by atoms with E-state index in [0.29, 0.717) is 15.9 Å². The number of ether oxygens (including phenoxy) is 2. The summed E-state index contributed by atoms with van der Waals surface area (Å²) in [6.07, 6.45) is -3.08. The maximum atomic E-state index is 10.9. The molecule has 1 aliphatic heterocycles. The molecule has 1 fully saturated rings. The van der Waals surface area contributed by atoms with Gasteiger partial charge in [-0.3, -0.25) is 9.36 Å². The highest BCUT2D eigenvalue weighted by Crippen LogP contribution is 2.35. The summed E-state index contributed by atoms with van der Waals surface area (Å²) in [5, 5.41) is 20.3. The predicted octanol–water partition coefficient (Wildman–Crippen LogP) is -0.647. The molecule has 10 nitrogen and oxygen atoms in total. The zero-order valence-electron chi connectivity index (χ0n) is 12.0. The first-order valence-corrected chi connectivity index (χ1v) is 7.48. The molecule has 1 saturated heterocycles. The number of aliphatic hydroxyl groups excluding tert-OH is 2. The van der Waals surface area contributed by atoms with E-state index in [1.807, 2.05) is 0 Å². The first kappa shape index (κ1) is 16.1. The smallest absolute Gasteiger partial charge is 0.302 e. The molecule has 23 heavy (non-hydrogen) atoms. The molecule has 0 bridgehead atoms. The number of rotatable bonds is 3. The SMILES string of the molecule is CC(=O)OC[C@@H]1O[C@@H](n2c(Br)nc3c(N)ncnc32)[C@@H](O)[C@H]1O. The lowest BCUT2D eigenvalue weighted by molar-refractivity contribution is -0.147. The van der Waals surface area contributed by atoms with Crippen molar-refractivity contribution in [3.63, 3.8) is 0 Å². The third kappa shape index (κ3) is 2.76. The maximum absolute atomic E-state index is 10.9. The predicted molar refractivity (Wildman–Crippen MR) is 80.0 cm³/mol. The summed E-state index contributed by atoms with van der Waals surface area (Å²) in [5.41, 5.74) is 6.43. The molecule has 1 aliphatic rings. The molecule has 3 heterocycles. The molecule has 4 atom stereocenters. The maximum Gasteiger partial charge on any atom is 0.302 e. The van der Waals surface area contributed by atoms with Crippen molar-refractivity contribution in [1.29, 1.82) is 0 Å². The van der Waals surface area contributed by atoms with E-state index < -0.39 is 30.5 Å². The number of hydrogen-bond acceptors (Lipinski definition) is 9. The summed E-state index contributed by atoms with van der Waals surface area (Å²) in [6, 6.07) is 0. The van der Waals surface area contributed by atoms with E-state index in [1.165, 1.54) is 17.8 Å². The summed E-state index contributed by atoms with van der Waals surface area (Å²) in [6.45, 7) is 1.07. The van der Waals surface area contributed by atoms with Crippen molar-refractivity contribution in [2.45, 2.75) is 31.5 Å². The molecule has 0 unspecified atom stereocenters. The fraction of sp³-hybridized carbons (Fsp3) is 0.500. The topological polar surface area (TPSA) is 146 Å². The van der Waals surface area contributed by atoms with Gasteiger partial charge in [0.25, 0.3) is 0 Å². The fourth-order valence-electron chi connectivity index (χ4n) is 2.40. The molecule has 0 radical (unpaired) electrons. The number of anilines is 1. The first-order valence-electron chi connectivity index (χ1n) is 6.69. The standard InChI is InChI=1S/C12H14BrN5O5/c1-4(19)22-2-5-7(20)8(21)11(23-5)18-10-6(17-12(18)13)9(14)15-3-16-10/h3,5,7-8,11,20-21H,2H2,1H3,(H2,14,15,16)/t5-,7-,8-,11+/m0/s1. The van der Waals surface area contributed by atoms with E-state index in [-0.39, 0.29) is 12.4 Å². The fourth-order valence-corrected chi connectivity index (χ4v) is 2.95. The molecular weight excluding hydrogens is 374 g/mol. The van der Waals surface area contributed by atoms with E-state index in [2.05, 4.69) is 30.9 Å². The number of carbonyl (C=O) groups excluding carboxylic acids is 1. The molecule has 0 aromatic carbocycles.